The van der Waals surface area contributed by atoms with Crippen molar-refractivity contribution in [1.82, 2.24) is 0 Å². The normalized spacial score (nSPS) is 15.1. The third kappa shape index (κ3) is 3.33. The summed E-state index contributed by atoms with van der Waals surface area (Å²) in [5.41, 5.74) is 5.73. The molecule has 0 N–H and O–H groups in total. The third-order valence-electron chi connectivity index (χ3n) is 3.88. The highest BCUT2D eigenvalue weighted by Gasteiger charge is 2.36. The maximum absolute atomic E-state index is 6.48. The van der Waals surface area contributed by atoms with Crippen molar-refractivity contribution >= 4 is 33.4 Å². The first-order chi connectivity index (χ1) is 11.5. The van der Waals surface area contributed by atoms with Crippen LogP contribution in [-0.4, -0.2) is 15.7 Å². The molecule has 0 atom stereocenters. The van der Waals surface area contributed by atoms with E-state index in [9.17, 15) is 0 Å². The van der Waals surface area contributed by atoms with Gasteiger partial charge in [-0.05, 0) is 40.3 Å². The van der Waals surface area contributed by atoms with E-state index in [2.05, 4.69) is 19.7 Å². The fraction of sp³-hybridized carbons (Fsp3) is 0.182. The van der Waals surface area contributed by atoms with Crippen LogP contribution in [0.25, 0.3) is 17.7 Å². The average molecular weight is 310 g/mol. The lowest BCUT2D eigenvalue weighted by Crippen LogP contribution is -2.27. The van der Waals surface area contributed by atoms with E-state index >= 15 is 0 Å². The molecular formula is C22H24B2. The first-order valence-corrected chi connectivity index (χ1v) is 8.19. The summed E-state index contributed by atoms with van der Waals surface area (Å²) >= 11 is 0. The van der Waals surface area contributed by atoms with Crippen LogP contribution in [0.4, 0.5) is 0 Å². The Bertz CT molecular complexity index is 729. The summed E-state index contributed by atoms with van der Waals surface area (Å²) in [6, 6.07) is 4.07. The molecule has 24 heavy (non-hydrogen) atoms. The molecule has 0 nitrogen and oxygen atoms in total. The average Bonchev–Trinajstić information content (AvgIpc) is 2.81. The Kier molecular flexibility index (Phi) is 7.10. The van der Waals surface area contributed by atoms with Gasteiger partial charge in [-0.25, -0.2) is 0 Å². The van der Waals surface area contributed by atoms with Gasteiger partial charge in [0.1, 0.15) is 0 Å². The Morgan fingerprint density at radius 3 is 2.17 bits per heavy atom. The van der Waals surface area contributed by atoms with Gasteiger partial charge < -0.3 is 0 Å². The predicted molar refractivity (Wildman–Crippen MR) is 112 cm³/mol. The summed E-state index contributed by atoms with van der Waals surface area (Å²) in [6.07, 6.45) is 13.1. The summed E-state index contributed by atoms with van der Waals surface area (Å²) in [4.78, 5) is 0. The highest BCUT2D eigenvalue weighted by molar-refractivity contribution is 6.45. The zero-order valence-corrected chi connectivity index (χ0v) is 15.0. The van der Waals surface area contributed by atoms with Crippen molar-refractivity contribution in [3.05, 3.63) is 90.1 Å². The molecule has 4 radical (unpaired) electrons. The number of hydrogen-bond donors (Lipinski definition) is 0. The largest absolute Gasteiger partial charge is 0.0991 e. The summed E-state index contributed by atoms with van der Waals surface area (Å²) in [5, 5.41) is -1.08. The zero-order valence-electron chi connectivity index (χ0n) is 15.0. The minimum Gasteiger partial charge on any atom is -0.0991 e. The van der Waals surface area contributed by atoms with Crippen molar-refractivity contribution in [3.8, 4) is 0 Å². The van der Waals surface area contributed by atoms with Crippen LogP contribution in [0.3, 0.4) is 0 Å². The van der Waals surface area contributed by atoms with E-state index in [1.807, 2.05) is 57.2 Å². The van der Waals surface area contributed by atoms with Gasteiger partial charge >= 0.3 is 0 Å². The van der Waals surface area contributed by atoms with Crippen LogP contribution in [0.2, 0.25) is 0 Å². The smallest absolute Gasteiger partial charge is 0.0746 e. The molecule has 1 aliphatic rings. The highest BCUT2D eigenvalue weighted by atomic mass is 14.3. The monoisotopic (exact) mass is 310 g/mol. The molecule has 118 valence electrons. The third-order valence-corrected chi connectivity index (χ3v) is 3.88. The quantitative estimate of drug-likeness (QED) is 0.492. The van der Waals surface area contributed by atoms with Gasteiger partial charge in [0, 0.05) is 0 Å². The molecule has 0 fully saturated rings. The topological polar surface area (TPSA) is 0 Å². The molecule has 0 bridgehead atoms. The van der Waals surface area contributed by atoms with Crippen LogP contribution in [0.15, 0.2) is 67.8 Å². The molecule has 2 heteroatoms. The van der Waals surface area contributed by atoms with Gasteiger partial charge in [-0.3, -0.25) is 0 Å². The molecule has 0 unspecified atom stereocenters. The number of allylic oxidation sites excluding steroid dienone is 7. The first-order valence-electron chi connectivity index (χ1n) is 8.19. The molecule has 0 amide bonds. The summed E-state index contributed by atoms with van der Waals surface area (Å²) in [7, 11) is 13.0. The molecule has 0 saturated carbocycles. The van der Waals surface area contributed by atoms with Gasteiger partial charge in [0.15, 0.2) is 0 Å². The second kappa shape index (κ2) is 8.59. The molecule has 0 heterocycles. The van der Waals surface area contributed by atoms with Gasteiger partial charge in [0.05, 0.1) is 15.7 Å². The summed E-state index contributed by atoms with van der Waals surface area (Å²) in [5.74, 6) is 0. The van der Waals surface area contributed by atoms with Gasteiger partial charge in [0.2, 0.25) is 0 Å². The van der Waals surface area contributed by atoms with E-state index in [4.69, 9.17) is 15.7 Å². The van der Waals surface area contributed by atoms with Crippen LogP contribution >= 0.6 is 0 Å². The Labute approximate surface area is 149 Å². The van der Waals surface area contributed by atoms with E-state index in [0.717, 1.165) is 33.4 Å². The predicted octanol–water partition coefficient (Wildman–Crippen LogP) is 5.57. The lowest BCUT2D eigenvalue weighted by atomic mass is 9.48. The fourth-order valence-electron chi connectivity index (χ4n) is 2.96. The van der Waals surface area contributed by atoms with Crippen molar-refractivity contribution in [2.24, 2.45) is 0 Å². The van der Waals surface area contributed by atoms with Gasteiger partial charge in [-0.2, -0.15) is 0 Å². The maximum atomic E-state index is 6.48. The Hall–Kier alpha value is -2.21. The number of fused-ring (bicyclic) bond motifs is 1. The number of hydrogen-bond acceptors (Lipinski definition) is 0. The van der Waals surface area contributed by atoms with Crippen molar-refractivity contribution in [1.29, 1.82) is 0 Å². The molecule has 0 saturated heterocycles. The fourth-order valence-corrected chi connectivity index (χ4v) is 2.96. The Morgan fingerprint density at radius 2 is 1.67 bits per heavy atom. The SMILES string of the molecule is CC.[B]C1([B])C(C=C)=C(/C=C\C)c2ccc(C=C)c(/C=C\C=C)c21. The maximum Gasteiger partial charge on any atom is 0.0746 e. The van der Waals surface area contributed by atoms with Crippen LogP contribution in [0, 0.1) is 0 Å². The van der Waals surface area contributed by atoms with Gasteiger partial charge in [-0.1, -0.05) is 93.5 Å². The minimum atomic E-state index is -1.08. The highest BCUT2D eigenvalue weighted by Crippen LogP contribution is 2.46. The van der Waals surface area contributed by atoms with Crippen molar-refractivity contribution in [2.75, 3.05) is 0 Å². The van der Waals surface area contributed by atoms with Crippen LogP contribution < -0.4 is 0 Å². The van der Waals surface area contributed by atoms with Gasteiger partial charge in [-0.15, -0.1) is 0 Å². The second-order valence-electron chi connectivity index (χ2n) is 5.19. The van der Waals surface area contributed by atoms with E-state index in [1.54, 1.807) is 18.2 Å². The Balaban J connectivity index is 0.00000139. The molecule has 0 spiro atoms. The second-order valence-corrected chi connectivity index (χ2v) is 5.19. The van der Waals surface area contributed by atoms with E-state index in [1.165, 1.54) is 0 Å². The van der Waals surface area contributed by atoms with Crippen LogP contribution in [-0.2, 0) is 5.21 Å². The molecule has 1 aromatic carbocycles. The van der Waals surface area contributed by atoms with Crippen molar-refractivity contribution in [2.45, 2.75) is 26.0 Å². The van der Waals surface area contributed by atoms with Crippen molar-refractivity contribution < 1.29 is 0 Å². The molecule has 1 aliphatic carbocycles. The minimum absolute atomic E-state index is 0.829. The van der Waals surface area contributed by atoms with Crippen LogP contribution in [0.1, 0.15) is 43.0 Å². The summed E-state index contributed by atoms with van der Waals surface area (Å²) < 4.78 is 0. The van der Waals surface area contributed by atoms with Crippen LogP contribution in [0.5, 0.6) is 0 Å². The lowest BCUT2D eigenvalue weighted by molar-refractivity contribution is 1.06. The Morgan fingerprint density at radius 1 is 1.00 bits per heavy atom. The zero-order chi connectivity index (χ0) is 18.3. The molecule has 0 aromatic heterocycles. The molecule has 2 rings (SSSR count). The van der Waals surface area contributed by atoms with E-state index in [-0.39, 0.29) is 0 Å². The first kappa shape index (κ1) is 19.8. The molecular weight excluding hydrogens is 286 g/mol. The standard InChI is InChI=1S/C20H18B2.C2H6/c1-5-9-11-15-14(7-3)12-13-17-16(10-6-2)18(8-4)20(21,22)19(15)17;1-2/h5-13H,1,3-4H2,2H3;1-2H3/b10-6-,11-9-;. The number of rotatable bonds is 5. The molecule has 0 aliphatic heterocycles. The summed E-state index contributed by atoms with van der Waals surface area (Å²) in [6.45, 7) is 17.5. The molecule has 1 aromatic rings. The number of benzene rings is 1. The van der Waals surface area contributed by atoms with E-state index < -0.39 is 5.21 Å². The van der Waals surface area contributed by atoms with Gasteiger partial charge in [0.25, 0.3) is 0 Å². The van der Waals surface area contributed by atoms with Crippen molar-refractivity contribution in [3.63, 3.8) is 0 Å². The lowest BCUT2D eigenvalue weighted by Gasteiger charge is -2.26. The van der Waals surface area contributed by atoms with E-state index in [0.29, 0.717) is 0 Å².